The second kappa shape index (κ2) is 2.63. The molecule has 66 valence electrons. The first-order valence-electron chi connectivity index (χ1n) is 4.48. The monoisotopic (exact) mass is 165 g/mol. The Kier molecular flexibility index (Phi) is 1.72. The fourth-order valence-electron chi connectivity index (χ4n) is 1.24. The van der Waals surface area contributed by atoms with Crippen molar-refractivity contribution >= 4 is 0 Å². The molecule has 1 aromatic heterocycles. The minimum atomic E-state index is 0.403. The van der Waals surface area contributed by atoms with E-state index in [-0.39, 0.29) is 0 Å². The van der Waals surface area contributed by atoms with Crippen LogP contribution in [0.4, 0.5) is 0 Å². The highest BCUT2D eigenvalue weighted by molar-refractivity contribution is 5.07. The van der Waals surface area contributed by atoms with Crippen LogP contribution in [0.15, 0.2) is 16.5 Å². The summed E-state index contributed by atoms with van der Waals surface area (Å²) in [7, 11) is 0. The minimum Gasteiger partial charge on any atom is -0.465 e. The highest BCUT2D eigenvalue weighted by Gasteiger charge is 2.36. The summed E-state index contributed by atoms with van der Waals surface area (Å²) < 4.78 is 5.44. The lowest BCUT2D eigenvalue weighted by Gasteiger charge is -2.08. The molecule has 1 aromatic rings. The molecule has 0 amide bonds. The van der Waals surface area contributed by atoms with Gasteiger partial charge >= 0.3 is 0 Å². The number of hydrogen-bond acceptors (Lipinski definition) is 2. The molecule has 0 saturated heterocycles. The normalized spacial score (nSPS) is 19.5. The molecule has 0 radical (unpaired) electrons. The van der Waals surface area contributed by atoms with Gasteiger partial charge in [0.05, 0.1) is 6.54 Å². The van der Waals surface area contributed by atoms with Gasteiger partial charge in [0, 0.05) is 5.54 Å². The first kappa shape index (κ1) is 7.87. The smallest absolute Gasteiger partial charge is 0.117 e. The van der Waals surface area contributed by atoms with Crippen LogP contribution < -0.4 is 5.32 Å². The molecule has 0 spiro atoms. The van der Waals surface area contributed by atoms with Gasteiger partial charge in [-0.1, -0.05) is 0 Å². The van der Waals surface area contributed by atoms with Crippen molar-refractivity contribution in [3.8, 4) is 0 Å². The van der Waals surface area contributed by atoms with E-state index in [1.807, 2.05) is 19.1 Å². The quantitative estimate of drug-likeness (QED) is 0.743. The molecule has 2 rings (SSSR count). The average Bonchev–Trinajstić information content (AvgIpc) is 2.60. The summed E-state index contributed by atoms with van der Waals surface area (Å²) in [5.74, 6) is 2.04. The fourth-order valence-corrected chi connectivity index (χ4v) is 1.24. The Morgan fingerprint density at radius 2 is 2.25 bits per heavy atom. The molecule has 0 aromatic carbocycles. The van der Waals surface area contributed by atoms with Crippen molar-refractivity contribution in [1.82, 2.24) is 5.32 Å². The maximum atomic E-state index is 5.44. The van der Waals surface area contributed by atoms with E-state index in [4.69, 9.17) is 4.42 Å². The van der Waals surface area contributed by atoms with Gasteiger partial charge in [-0.3, -0.25) is 0 Å². The van der Waals surface area contributed by atoms with E-state index < -0.39 is 0 Å². The lowest BCUT2D eigenvalue weighted by Crippen LogP contribution is -2.26. The van der Waals surface area contributed by atoms with E-state index in [9.17, 15) is 0 Å². The SMILES string of the molecule is Cc1ccc(CNC2(C)CC2)o1. The topological polar surface area (TPSA) is 25.2 Å². The van der Waals surface area contributed by atoms with Gasteiger partial charge in [-0.05, 0) is 38.8 Å². The third-order valence-corrected chi connectivity index (χ3v) is 2.49. The fraction of sp³-hybridized carbons (Fsp3) is 0.600. The van der Waals surface area contributed by atoms with Crippen LogP contribution in [0.5, 0.6) is 0 Å². The molecule has 1 aliphatic carbocycles. The van der Waals surface area contributed by atoms with Gasteiger partial charge in [0.25, 0.3) is 0 Å². The predicted molar refractivity (Wildman–Crippen MR) is 47.9 cm³/mol. The average molecular weight is 165 g/mol. The zero-order valence-corrected chi connectivity index (χ0v) is 7.68. The Labute approximate surface area is 73.0 Å². The molecule has 0 atom stereocenters. The van der Waals surface area contributed by atoms with E-state index >= 15 is 0 Å². The Morgan fingerprint density at radius 1 is 1.50 bits per heavy atom. The summed E-state index contributed by atoms with van der Waals surface area (Å²) >= 11 is 0. The van der Waals surface area contributed by atoms with Gasteiger partial charge in [-0.25, -0.2) is 0 Å². The van der Waals surface area contributed by atoms with Crippen LogP contribution in [0, 0.1) is 6.92 Å². The van der Waals surface area contributed by atoms with E-state index in [2.05, 4.69) is 12.2 Å². The van der Waals surface area contributed by atoms with E-state index in [1.54, 1.807) is 0 Å². The van der Waals surface area contributed by atoms with Crippen LogP contribution in [0.25, 0.3) is 0 Å². The summed E-state index contributed by atoms with van der Waals surface area (Å²) in [6.45, 7) is 5.09. The first-order valence-corrected chi connectivity index (χ1v) is 4.48. The van der Waals surface area contributed by atoms with Crippen molar-refractivity contribution in [1.29, 1.82) is 0 Å². The van der Waals surface area contributed by atoms with Crippen molar-refractivity contribution < 1.29 is 4.42 Å². The van der Waals surface area contributed by atoms with Gasteiger partial charge in [0.2, 0.25) is 0 Å². The highest BCUT2D eigenvalue weighted by atomic mass is 16.3. The van der Waals surface area contributed by atoms with Gasteiger partial charge in [0.1, 0.15) is 11.5 Å². The summed E-state index contributed by atoms with van der Waals surface area (Å²) in [5, 5.41) is 3.47. The van der Waals surface area contributed by atoms with Gasteiger partial charge in [-0.15, -0.1) is 0 Å². The molecular weight excluding hydrogens is 150 g/mol. The van der Waals surface area contributed by atoms with Crippen molar-refractivity contribution in [2.45, 2.75) is 38.8 Å². The first-order chi connectivity index (χ1) is 5.68. The molecule has 1 fully saturated rings. The van der Waals surface area contributed by atoms with Gasteiger partial charge in [0.15, 0.2) is 0 Å². The Bertz CT molecular complexity index is 273. The molecule has 0 unspecified atom stereocenters. The molecule has 1 aliphatic rings. The molecule has 0 aliphatic heterocycles. The zero-order valence-electron chi connectivity index (χ0n) is 7.68. The standard InChI is InChI=1S/C10H15NO/c1-8-3-4-9(12-8)7-11-10(2)5-6-10/h3-4,11H,5-7H2,1-2H3. The third-order valence-electron chi connectivity index (χ3n) is 2.49. The van der Waals surface area contributed by atoms with Crippen LogP contribution >= 0.6 is 0 Å². The summed E-state index contributed by atoms with van der Waals surface area (Å²) in [4.78, 5) is 0. The van der Waals surface area contributed by atoms with E-state index in [0.717, 1.165) is 18.1 Å². The molecule has 0 bridgehead atoms. The van der Waals surface area contributed by atoms with Gasteiger partial charge in [-0.2, -0.15) is 0 Å². The Balaban J connectivity index is 1.87. The molecule has 1 N–H and O–H groups in total. The maximum Gasteiger partial charge on any atom is 0.117 e. The van der Waals surface area contributed by atoms with Crippen molar-refractivity contribution in [3.05, 3.63) is 23.7 Å². The van der Waals surface area contributed by atoms with Crippen LogP contribution in [-0.2, 0) is 6.54 Å². The van der Waals surface area contributed by atoms with Crippen LogP contribution in [0.3, 0.4) is 0 Å². The molecule has 1 saturated carbocycles. The number of furan rings is 1. The third kappa shape index (κ3) is 1.69. The molecule has 1 heterocycles. The zero-order chi connectivity index (χ0) is 8.60. The van der Waals surface area contributed by atoms with E-state index in [0.29, 0.717) is 5.54 Å². The Morgan fingerprint density at radius 3 is 2.75 bits per heavy atom. The molecular formula is C10H15NO. The van der Waals surface area contributed by atoms with Crippen molar-refractivity contribution in [3.63, 3.8) is 0 Å². The van der Waals surface area contributed by atoms with Gasteiger partial charge < -0.3 is 9.73 Å². The second-order valence-corrected chi connectivity index (χ2v) is 3.93. The largest absolute Gasteiger partial charge is 0.465 e. The second-order valence-electron chi connectivity index (χ2n) is 3.93. The highest BCUT2D eigenvalue weighted by Crippen LogP contribution is 2.34. The maximum absolute atomic E-state index is 5.44. The number of aryl methyl sites for hydroxylation is 1. The number of nitrogens with one attached hydrogen (secondary N) is 1. The molecule has 2 heteroatoms. The number of hydrogen-bond donors (Lipinski definition) is 1. The lowest BCUT2D eigenvalue weighted by atomic mass is 10.3. The predicted octanol–water partition coefficient (Wildman–Crippen LogP) is 2.23. The summed E-state index contributed by atoms with van der Waals surface area (Å²) in [6.07, 6.45) is 2.60. The van der Waals surface area contributed by atoms with Crippen LogP contribution in [-0.4, -0.2) is 5.54 Å². The molecule has 2 nitrogen and oxygen atoms in total. The Hall–Kier alpha value is -0.760. The van der Waals surface area contributed by atoms with Crippen molar-refractivity contribution in [2.24, 2.45) is 0 Å². The lowest BCUT2D eigenvalue weighted by molar-refractivity contribution is 0.434. The van der Waals surface area contributed by atoms with Crippen molar-refractivity contribution in [2.75, 3.05) is 0 Å². The summed E-state index contributed by atoms with van der Waals surface area (Å²) in [6, 6.07) is 4.04. The number of rotatable bonds is 3. The van der Waals surface area contributed by atoms with E-state index in [1.165, 1.54) is 12.8 Å². The minimum absolute atomic E-state index is 0.403. The molecule has 12 heavy (non-hydrogen) atoms. The van der Waals surface area contributed by atoms with Crippen LogP contribution in [0.2, 0.25) is 0 Å². The summed E-state index contributed by atoms with van der Waals surface area (Å²) in [5.41, 5.74) is 0.403. The van der Waals surface area contributed by atoms with Crippen LogP contribution in [0.1, 0.15) is 31.3 Å².